The van der Waals surface area contributed by atoms with E-state index in [1.165, 1.54) is 83.5 Å². The molecule has 0 aliphatic carbocycles. The standard InChI is InChI=1S/C30H56O4/c1-3-5-7-9-11-13-15-16-18-20-22-24-26-33-28-29(27-31)34-30(32)25-23-21-19-17-14-12-10-8-6-4-2/h8-11,29,31H,3-7,12-28H2,1-2H3/b10-8-,11-9-. The summed E-state index contributed by atoms with van der Waals surface area (Å²) in [5.74, 6) is -0.217. The molecule has 0 aromatic heterocycles. The zero-order valence-electron chi connectivity index (χ0n) is 22.6. The van der Waals surface area contributed by atoms with Crippen LogP contribution in [0.2, 0.25) is 0 Å². The molecule has 0 heterocycles. The Hall–Kier alpha value is -1.13. The van der Waals surface area contributed by atoms with Crippen molar-refractivity contribution in [3.63, 3.8) is 0 Å². The van der Waals surface area contributed by atoms with Gasteiger partial charge in [-0.05, 0) is 51.4 Å². The highest BCUT2D eigenvalue weighted by atomic mass is 16.6. The molecule has 1 unspecified atom stereocenters. The molecule has 0 radical (unpaired) electrons. The van der Waals surface area contributed by atoms with Gasteiger partial charge in [-0.15, -0.1) is 0 Å². The van der Waals surface area contributed by atoms with E-state index < -0.39 is 6.10 Å². The van der Waals surface area contributed by atoms with Crippen LogP contribution >= 0.6 is 0 Å². The van der Waals surface area contributed by atoms with Gasteiger partial charge in [0.25, 0.3) is 0 Å². The quantitative estimate of drug-likeness (QED) is 0.0766. The monoisotopic (exact) mass is 480 g/mol. The number of carbonyl (C=O) groups excluding carboxylic acids is 1. The van der Waals surface area contributed by atoms with Gasteiger partial charge in [-0.25, -0.2) is 0 Å². The van der Waals surface area contributed by atoms with E-state index in [2.05, 4.69) is 38.2 Å². The molecule has 0 saturated carbocycles. The summed E-state index contributed by atoms with van der Waals surface area (Å²) in [7, 11) is 0. The summed E-state index contributed by atoms with van der Waals surface area (Å²) in [6.45, 7) is 5.21. The van der Waals surface area contributed by atoms with E-state index in [4.69, 9.17) is 9.47 Å². The average molecular weight is 481 g/mol. The maximum absolute atomic E-state index is 12.0. The zero-order chi connectivity index (χ0) is 25.0. The number of unbranched alkanes of at least 4 members (excludes halogenated alkanes) is 14. The van der Waals surface area contributed by atoms with E-state index in [1.807, 2.05) is 0 Å². The second kappa shape index (κ2) is 28.1. The lowest BCUT2D eigenvalue weighted by molar-refractivity contribution is -0.154. The molecule has 0 aromatic rings. The second-order valence-corrected chi connectivity index (χ2v) is 9.46. The smallest absolute Gasteiger partial charge is 0.306 e. The minimum Gasteiger partial charge on any atom is -0.457 e. The molecule has 0 amide bonds. The Morgan fingerprint density at radius 3 is 1.79 bits per heavy atom. The summed E-state index contributed by atoms with van der Waals surface area (Å²) >= 11 is 0. The number of allylic oxidation sites excluding steroid dienone is 4. The summed E-state index contributed by atoms with van der Waals surface area (Å²) in [4.78, 5) is 12.0. The Balaban J connectivity index is 3.48. The second-order valence-electron chi connectivity index (χ2n) is 9.46. The van der Waals surface area contributed by atoms with Crippen molar-refractivity contribution in [2.75, 3.05) is 19.8 Å². The molecule has 0 bridgehead atoms. The normalized spacial score (nSPS) is 12.7. The van der Waals surface area contributed by atoms with Crippen molar-refractivity contribution in [3.05, 3.63) is 24.3 Å². The van der Waals surface area contributed by atoms with E-state index in [9.17, 15) is 9.90 Å². The fourth-order valence-electron chi connectivity index (χ4n) is 3.78. The third kappa shape index (κ3) is 25.5. The molecule has 0 fully saturated rings. The summed E-state index contributed by atoms with van der Waals surface area (Å²) in [6.07, 6.45) is 30.6. The maximum Gasteiger partial charge on any atom is 0.306 e. The molecule has 0 saturated heterocycles. The van der Waals surface area contributed by atoms with Gasteiger partial charge >= 0.3 is 5.97 Å². The van der Waals surface area contributed by atoms with Crippen molar-refractivity contribution in [1.82, 2.24) is 0 Å². The van der Waals surface area contributed by atoms with Crippen LogP contribution in [-0.2, 0) is 14.3 Å². The van der Waals surface area contributed by atoms with E-state index in [1.54, 1.807) is 0 Å². The molecule has 0 spiro atoms. The predicted molar refractivity (Wildman–Crippen MR) is 145 cm³/mol. The van der Waals surface area contributed by atoms with Crippen LogP contribution in [0.1, 0.15) is 136 Å². The Bertz CT molecular complexity index is 472. The largest absolute Gasteiger partial charge is 0.457 e. The van der Waals surface area contributed by atoms with Gasteiger partial charge in [0.15, 0.2) is 0 Å². The molecule has 200 valence electrons. The Labute approximate surface area is 211 Å². The molecular weight excluding hydrogens is 424 g/mol. The summed E-state index contributed by atoms with van der Waals surface area (Å²) < 4.78 is 11.0. The van der Waals surface area contributed by atoms with E-state index in [-0.39, 0.29) is 19.2 Å². The molecule has 4 nitrogen and oxygen atoms in total. The van der Waals surface area contributed by atoms with Gasteiger partial charge in [0.05, 0.1) is 13.2 Å². The number of aliphatic hydroxyl groups excluding tert-OH is 1. The molecular formula is C30H56O4. The predicted octanol–water partition coefficient (Wildman–Crippen LogP) is 8.47. The summed E-state index contributed by atoms with van der Waals surface area (Å²) in [5, 5.41) is 9.46. The molecule has 34 heavy (non-hydrogen) atoms. The average Bonchev–Trinajstić information content (AvgIpc) is 2.84. The van der Waals surface area contributed by atoms with Crippen molar-refractivity contribution in [1.29, 1.82) is 0 Å². The van der Waals surface area contributed by atoms with Crippen LogP contribution in [0.15, 0.2) is 24.3 Å². The van der Waals surface area contributed by atoms with Crippen molar-refractivity contribution >= 4 is 5.97 Å². The van der Waals surface area contributed by atoms with Crippen LogP contribution in [0, 0.1) is 0 Å². The molecule has 1 N–H and O–H groups in total. The van der Waals surface area contributed by atoms with Crippen molar-refractivity contribution < 1.29 is 19.4 Å². The maximum atomic E-state index is 12.0. The fraction of sp³-hybridized carbons (Fsp3) is 0.833. The molecule has 0 aliphatic heterocycles. The Morgan fingerprint density at radius 2 is 1.21 bits per heavy atom. The highest BCUT2D eigenvalue weighted by Gasteiger charge is 2.13. The van der Waals surface area contributed by atoms with Crippen LogP contribution in [0.5, 0.6) is 0 Å². The first-order valence-electron chi connectivity index (χ1n) is 14.4. The number of esters is 1. The lowest BCUT2D eigenvalue weighted by Crippen LogP contribution is -2.27. The SMILES string of the molecule is CCC/C=C\CCCCCCCC(=O)OC(CO)COCCCCCCCC/C=C\CCCC. The van der Waals surface area contributed by atoms with Crippen LogP contribution in [-0.4, -0.2) is 37.0 Å². The van der Waals surface area contributed by atoms with Crippen molar-refractivity contribution in [2.24, 2.45) is 0 Å². The van der Waals surface area contributed by atoms with E-state index in [0.717, 1.165) is 32.1 Å². The molecule has 0 aliphatic rings. The topological polar surface area (TPSA) is 55.8 Å². The first-order valence-corrected chi connectivity index (χ1v) is 14.4. The number of ether oxygens (including phenoxy) is 2. The van der Waals surface area contributed by atoms with Gasteiger partial charge in [0.1, 0.15) is 6.10 Å². The third-order valence-corrected chi connectivity index (χ3v) is 5.98. The number of carbonyl (C=O) groups is 1. The fourth-order valence-corrected chi connectivity index (χ4v) is 3.78. The van der Waals surface area contributed by atoms with E-state index >= 15 is 0 Å². The van der Waals surface area contributed by atoms with Gasteiger partial charge in [-0.2, -0.15) is 0 Å². The minimum atomic E-state index is -0.534. The highest BCUT2D eigenvalue weighted by molar-refractivity contribution is 5.69. The van der Waals surface area contributed by atoms with E-state index in [0.29, 0.717) is 13.0 Å². The number of rotatable bonds is 26. The number of aliphatic hydroxyl groups is 1. The van der Waals surface area contributed by atoms with Gasteiger partial charge < -0.3 is 14.6 Å². The van der Waals surface area contributed by atoms with Crippen LogP contribution < -0.4 is 0 Å². The first-order chi connectivity index (χ1) is 16.7. The van der Waals surface area contributed by atoms with Gasteiger partial charge in [-0.3, -0.25) is 4.79 Å². The van der Waals surface area contributed by atoms with Crippen molar-refractivity contribution in [3.8, 4) is 0 Å². The highest BCUT2D eigenvalue weighted by Crippen LogP contribution is 2.10. The lowest BCUT2D eigenvalue weighted by Gasteiger charge is -2.15. The van der Waals surface area contributed by atoms with Crippen LogP contribution in [0.3, 0.4) is 0 Å². The number of hydrogen-bond acceptors (Lipinski definition) is 4. The summed E-state index contributed by atoms with van der Waals surface area (Å²) in [6, 6.07) is 0. The van der Waals surface area contributed by atoms with Gasteiger partial charge in [0, 0.05) is 13.0 Å². The molecule has 0 aromatic carbocycles. The zero-order valence-corrected chi connectivity index (χ0v) is 22.6. The Morgan fingerprint density at radius 1 is 0.676 bits per heavy atom. The van der Waals surface area contributed by atoms with Crippen LogP contribution in [0.25, 0.3) is 0 Å². The minimum absolute atomic E-state index is 0.176. The van der Waals surface area contributed by atoms with Crippen molar-refractivity contribution in [2.45, 2.75) is 142 Å². The molecule has 4 heteroatoms. The molecule has 1 atom stereocenters. The lowest BCUT2D eigenvalue weighted by atomic mass is 10.1. The third-order valence-electron chi connectivity index (χ3n) is 5.98. The van der Waals surface area contributed by atoms with Crippen LogP contribution in [0.4, 0.5) is 0 Å². The summed E-state index contributed by atoms with van der Waals surface area (Å²) in [5.41, 5.74) is 0. The Kier molecular flexibility index (Phi) is 27.2. The molecule has 0 rings (SSSR count). The van der Waals surface area contributed by atoms with Gasteiger partial charge in [-0.1, -0.05) is 102 Å². The first kappa shape index (κ1) is 32.9. The van der Waals surface area contributed by atoms with Gasteiger partial charge in [0.2, 0.25) is 0 Å². The number of hydrogen-bond donors (Lipinski definition) is 1.